The molecule has 0 aromatic heterocycles. The van der Waals surface area contributed by atoms with Crippen LogP contribution >= 0.6 is 23.4 Å². The molecule has 5 rings (SSSR count). The van der Waals surface area contributed by atoms with Crippen LogP contribution in [-0.2, 0) is 0 Å². The maximum absolute atomic E-state index is 6.30. The number of nitrogens with one attached hydrogen (secondary N) is 2. The lowest BCUT2D eigenvalue weighted by Crippen LogP contribution is -2.44. The molecule has 1 saturated carbocycles. The largest absolute Gasteiger partial charge is 0.494 e. The van der Waals surface area contributed by atoms with Crippen molar-refractivity contribution in [2.45, 2.75) is 69.3 Å². The fraction of sp³-hybridized carbons (Fsp3) is 0.481. The molecule has 4 unspecified atom stereocenters. The summed E-state index contributed by atoms with van der Waals surface area (Å²) >= 11 is 8.13. The van der Waals surface area contributed by atoms with Crippen molar-refractivity contribution in [3.8, 4) is 5.75 Å². The van der Waals surface area contributed by atoms with Gasteiger partial charge in [-0.2, -0.15) is 0 Å². The van der Waals surface area contributed by atoms with E-state index in [-0.39, 0.29) is 5.50 Å². The van der Waals surface area contributed by atoms with E-state index in [2.05, 4.69) is 72.7 Å². The molecule has 0 saturated heterocycles. The summed E-state index contributed by atoms with van der Waals surface area (Å²) < 4.78 is 5.89. The second-order valence-electron chi connectivity index (χ2n) is 9.56. The average molecular weight is 484 g/mol. The quantitative estimate of drug-likeness (QED) is 0.412. The predicted molar refractivity (Wildman–Crippen MR) is 140 cm³/mol. The molecule has 2 aliphatic heterocycles. The van der Waals surface area contributed by atoms with E-state index < -0.39 is 0 Å². The number of hydrogen-bond donors (Lipinski definition) is 2. The number of unbranched alkanes of at least 4 members (excludes halogenated alkanes) is 1. The number of fused-ring (bicyclic) bond motifs is 3. The first-order valence-corrected chi connectivity index (χ1v) is 13.6. The molecule has 1 aliphatic carbocycles. The van der Waals surface area contributed by atoms with Gasteiger partial charge >= 0.3 is 0 Å². The van der Waals surface area contributed by atoms with E-state index in [1.165, 1.54) is 46.9 Å². The SMILES string of the molecule is CCCCOc1ccc(C2=C(NC3CCCC(C)C3C)N3c4ccc(Cl)cc4SC3N2)cc1. The number of rotatable bonds is 7. The van der Waals surface area contributed by atoms with Crippen molar-refractivity contribution in [2.75, 3.05) is 11.5 Å². The van der Waals surface area contributed by atoms with Gasteiger partial charge < -0.3 is 15.4 Å². The number of nitrogens with zero attached hydrogens (tertiary/aromatic N) is 1. The molecule has 0 spiro atoms. The van der Waals surface area contributed by atoms with Gasteiger partial charge in [-0.1, -0.05) is 63.4 Å². The third-order valence-corrected chi connectivity index (χ3v) is 8.71. The molecule has 2 aromatic rings. The number of benzene rings is 2. The van der Waals surface area contributed by atoms with Crippen LogP contribution in [0.4, 0.5) is 5.69 Å². The van der Waals surface area contributed by atoms with E-state index >= 15 is 0 Å². The second kappa shape index (κ2) is 9.71. The smallest absolute Gasteiger partial charge is 0.158 e. The fourth-order valence-electron chi connectivity index (χ4n) is 5.10. The van der Waals surface area contributed by atoms with Crippen LogP contribution in [0.25, 0.3) is 5.70 Å². The number of thioether (sulfide) groups is 1. The molecule has 3 aliphatic rings. The Morgan fingerprint density at radius 1 is 1.15 bits per heavy atom. The van der Waals surface area contributed by atoms with Crippen molar-refractivity contribution in [1.82, 2.24) is 10.6 Å². The molecule has 6 heteroatoms. The number of hydrogen-bond acceptors (Lipinski definition) is 5. The Hall–Kier alpha value is -1.98. The van der Waals surface area contributed by atoms with E-state index in [0.29, 0.717) is 12.0 Å². The van der Waals surface area contributed by atoms with Gasteiger partial charge in [-0.05, 0) is 67.1 Å². The summed E-state index contributed by atoms with van der Waals surface area (Å²) in [5.74, 6) is 3.49. The zero-order valence-electron chi connectivity index (χ0n) is 19.7. The van der Waals surface area contributed by atoms with E-state index in [1.54, 1.807) is 0 Å². The highest BCUT2D eigenvalue weighted by Gasteiger charge is 2.41. The Balaban J connectivity index is 1.48. The fourth-order valence-corrected chi connectivity index (χ4v) is 6.56. The van der Waals surface area contributed by atoms with Gasteiger partial charge in [0.25, 0.3) is 0 Å². The Morgan fingerprint density at radius 3 is 2.76 bits per heavy atom. The molecule has 33 heavy (non-hydrogen) atoms. The Kier molecular flexibility index (Phi) is 6.71. The highest BCUT2D eigenvalue weighted by atomic mass is 35.5. The number of halogens is 1. The summed E-state index contributed by atoms with van der Waals surface area (Å²) in [6.07, 6.45) is 6.05. The van der Waals surface area contributed by atoms with E-state index in [9.17, 15) is 0 Å². The number of anilines is 1. The van der Waals surface area contributed by atoms with Crippen molar-refractivity contribution in [2.24, 2.45) is 11.8 Å². The highest BCUT2D eigenvalue weighted by Crippen LogP contribution is 2.49. The normalized spacial score (nSPS) is 26.1. The third kappa shape index (κ3) is 4.54. The lowest BCUT2D eigenvalue weighted by Gasteiger charge is -2.37. The lowest BCUT2D eigenvalue weighted by molar-refractivity contribution is 0.216. The molecule has 4 atom stereocenters. The molecule has 1 fully saturated rings. The van der Waals surface area contributed by atoms with Crippen molar-refractivity contribution in [3.05, 3.63) is 58.9 Å². The lowest BCUT2D eigenvalue weighted by atomic mass is 9.78. The molecule has 2 aromatic carbocycles. The van der Waals surface area contributed by atoms with Crippen LogP contribution in [0.3, 0.4) is 0 Å². The molecule has 2 N–H and O–H groups in total. The van der Waals surface area contributed by atoms with Crippen LogP contribution in [0.5, 0.6) is 5.75 Å². The van der Waals surface area contributed by atoms with Crippen LogP contribution in [0.2, 0.25) is 5.02 Å². The Morgan fingerprint density at radius 2 is 1.97 bits per heavy atom. The van der Waals surface area contributed by atoms with Crippen molar-refractivity contribution >= 4 is 34.7 Å². The summed E-state index contributed by atoms with van der Waals surface area (Å²) in [7, 11) is 0. The minimum atomic E-state index is 0.132. The first-order valence-electron chi connectivity index (χ1n) is 12.3. The zero-order valence-corrected chi connectivity index (χ0v) is 21.3. The monoisotopic (exact) mass is 483 g/mol. The van der Waals surface area contributed by atoms with E-state index in [1.807, 2.05) is 17.8 Å². The zero-order chi connectivity index (χ0) is 22.9. The summed E-state index contributed by atoms with van der Waals surface area (Å²) in [4.78, 5) is 3.65. The summed E-state index contributed by atoms with van der Waals surface area (Å²) in [6.45, 7) is 7.75. The molecule has 4 nitrogen and oxygen atoms in total. The molecule has 0 radical (unpaired) electrons. The minimum absolute atomic E-state index is 0.132. The molecule has 0 bridgehead atoms. The van der Waals surface area contributed by atoms with Crippen LogP contribution in [0.15, 0.2) is 53.2 Å². The van der Waals surface area contributed by atoms with Gasteiger partial charge in [0.05, 0.1) is 18.0 Å². The van der Waals surface area contributed by atoms with Gasteiger partial charge in [-0.25, -0.2) is 0 Å². The van der Waals surface area contributed by atoms with E-state index in [4.69, 9.17) is 16.3 Å². The standard InChI is InChI=1S/C27H34ClN3OS/c1-4-5-15-32-21-12-9-19(10-13-21)25-26(29-22-8-6-7-17(2)18(22)3)31-23-14-11-20(28)16-24(23)33-27(31)30-25/h9-14,16-18,22,27,29-30H,4-8,15H2,1-3H3. The van der Waals surface area contributed by atoms with Crippen molar-refractivity contribution in [3.63, 3.8) is 0 Å². The first-order chi connectivity index (χ1) is 16.0. The molecule has 176 valence electrons. The van der Waals surface area contributed by atoms with Crippen LogP contribution in [0.1, 0.15) is 58.4 Å². The van der Waals surface area contributed by atoms with Crippen molar-refractivity contribution in [1.29, 1.82) is 0 Å². The maximum atomic E-state index is 6.30. The average Bonchev–Trinajstić information content (AvgIpc) is 3.33. The van der Waals surface area contributed by atoms with Gasteiger partial charge in [0.2, 0.25) is 0 Å². The van der Waals surface area contributed by atoms with Crippen LogP contribution in [-0.4, -0.2) is 18.1 Å². The molecular weight excluding hydrogens is 450 g/mol. The molecular formula is C27H34ClN3OS. The summed E-state index contributed by atoms with van der Waals surface area (Å²) in [5.41, 5.74) is 3.70. The molecule has 2 heterocycles. The Bertz CT molecular complexity index is 1020. The van der Waals surface area contributed by atoms with Crippen LogP contribution < -0.4 is 20.3 Å². The third-order valence-electron chi connectivity index (χ3n) is 7.34. The van der Waals surface area contributed by atoms with Crippen LogP contribution in [0, 0.1) is 11.8 Å². The maximum Gasteiger partial charge on any atom is 0.158 e. The second-order valence-corrected chi connectivity index (χ2v) is 11.1. The first kappa shape index (κ1) is 22.8. The van der Waals surface area contributed by atoms with Gasteiger partial charge in [-0.3, -0.25) is 4.90 Å². The highest BCUT2D eigenvalue weighted by molar-refractivity contribution is 8.00. The predicted octanol–water partition coefficient (Wildman–Crippen LogP) is 7.06. The summed E-state index contributed by atoms with van der Waals surface area (Å²) in [6, 6.07) is 15.2. The summed E-state index contributed by atoms with van der Waals surface area (Å²) in [5, 5.41) is 8.58. The topological polar surface area (TPSA) is 36.5 Å². The van der Waals surface area contributed by atoms with Crippen molar-refractivity contribution < 1.29 is 4.74 Å². The minimum Gasteiger partial charge on any atom is -0.494 e. The van der Waals surface area contributed by atoms with Gasteiger partial charge in [0.15, 0.2) is 5.50 Å². The Labute approximate surface area is 207 Å². The van der Waals surface area contributed by atoms with Gasteiger partial charge in [-0.15, -0.1) is 0 Å². The van der Waals surface area contributed by atoms with Gasteiger partial charge in [0.1, 0.15) is 11.6 Å². The number of ether oxygens (including phenoxy) is 1. The molecule has 0 amide bonds. The van der Waals surface area contributed by atoms with Gasteiger partial charge in [0, 0.05) is 21.5 Å². The van der Waals surface area contributed by atoms with E-state index in [0.717, 1.165) is 36.1 Å².